The summed E-state index contributed by atoms with van der Waals surface area (Å²) in [4.78, 5) is 24.9. The van der Waals surface area contributed by atoms with Gasteiger partial charge in [-0.05, 0) is 53.1 Å². The van der Waals surface area contributed by atoms with E-state index in [-0.39, 0.29) is 30.0 Å². The van der Waals surface area contributed by atoms with Crippen LogP contribution >= 0.6 is 24.0 Å². The number of amides is 1. The van der Waals surface area contributed by atoms with E-state index in [4.69, 9.17) is 16.3 Å². The molecule has 7 nitrogen and oxygen atoms in total. The number of aromatic amines is 1. The summed E-state index contributed by atoms with van der Waals surface area (Å²) in [6.07, 6.45) is 1.43. The van der Waals surface area contributed by atoms with Gasteiger partial charge in [-0.15, -0.1) is 12.4 Å². The summed E-state index contributed by atoms with van der Waals surface area (Å²) in [6.45, 7) is 0.782. The Balaban J connectivity index is 0.00000336. The third-order valence-electron chi connectivity index (χ3n) is 6.24. The Labute approximate surface area is 230 Å². The number of fused-ring (bicyclic) bond motifs is 1. The van der Waals surface area contributed by atoms with Gasteiger partial charge < -0.3 is 14.6 Å². The van der Waals surface area contributed by atoms with Crippen LogP contribution in [0.3, 0.4) is 0 Å². The monoisotopic (exact) mass is 548 g/mol. The number of pyridine rings is 1. The molecule has 0 saturated carbocycles. The van der Waals surface area contributed by atoms with Crippen LogP contribution in [0.2, 0.25) is 5.02 Å². The number of methoxy groups -OCH3 is 1. The number of H-pyrrole nitrogens is 1. The van der Waals surface area contributed by atoms with E-state index in [1.54, 1.807) is 42.1 Å². The van der Waals surface area contributed by atoms with Gasteiger partial charge in [0.15, 0.2) is 0 Å². The average Bonchev–Trinajstić information content (AvgIpc) is 3.32. The summed E-state index contributed by atoms with van der Waals surface area (Å²) in [5.74, 6) is -0.204. The third-order valence-corrected chi connectivity index (χ3v) is 6.48. The Morgan fingerprint density at radius 3 is 2.61 bits per heavy atom. The standard InChI is InChI=1S/C29H25ClN4O3.ClH/c1-37-28(20-10-8-19(9-11-20)18-34-14-3-2-7-27(34)35)21-5-4-6-22(15-21)29(36)31-17-26-24-16-23(30)12-13-25(24)32-33-26;/h2-16,28H,17-18H2,1H3,(H,31,36)(H,32,33);1H. The zero-order valence-corrected chi connectivity index (χ0v) is 22.1. The van der Waals surface area contributed by atoms with Crippen molar-refractivity contribution < 1.29 is 9.53 Å². The van der Waals surface area contributed by atoms with Gasteiger partial charge in [0.05, 0.1) is 24.3 Å². The van der Waals surface area contributed by atoms with Gasteiger partial charge in [-0.1, -0.05) is 54.1 Å². The Morgan fingerprint density at radius 2 is 1.84 bits per heavy atom. The van der Waals surface area contributed by atoms with E-state index < -0.39 is 0 Å². The van der Waals surface area contributed by atoms with Crippen molar-refractivity contribution in [2.75, 3.05) is 7.11 Å². The quantitative estimate of drug-likeness (QED) is 0.267. The molecule has 0 saturated heterocycles. The molecule has 2 heterocycles. The lowest BCUT2D eigenvalue weighted by Crippen LogP contribution is -2.23. The normalized spacial score (nSPS) is 11.6. The van der Waals surface area contributed by atoms with Crippen molar-refractivity contribution in [3.63, 3.8) is 0 Å². The summed E-state index contributed by atoms with van der Waals surface area (Å²) < 4.78 is 7.46. The molecule has 9 heteroatoms. The molecule has 1 atom stereocenters. The summed E-state index contributed by atoms with van der Waals surface area (Å²) in [5.41, 5.74) is 4.89. The first kappa shape index (κ1) is 27.1. The zero-order chi connectivity index (χ0) is 25.8. The van der Waals surface area contributed by atoms with E-state index in [1.807, 2.05) is 60.7 Å². The van der Waals surface area contributed by atoms with Crippen LogP contribution in [0.25, 0.3) is 10.9 Å². The van der Waals surface area contributed by atoms with Crippen LogP contribution in [0.15, 0.2) is 95.9 Å². The van der Waals surface area contributed by atoms with E-state index in [0.717, 1.165) is 33.3 Å². The molecular weight excluding hydrogens is 523 g/mol. The van der Waals surface area contributed by atoms with Gasteiger partial charge in [0.25, 0.3) is 11.5 Å². The van der Waals surface area contributed by atoms with Gasteiger partial charge in [0, 0.05) is 35.3 Å². The fourth-order valence-corrected chi connectivity index (χ4v) is 4.51. The minimum atomic E-state index is -0.347. The van der Waals surface area contributed by atoms with Crippen LogP contribution in [-0.2, 0) is 17.8 Å². The second-order valence-electron chi connectivity index (χ2n) is 8.70. The van der Waals surface area contributed by atoms with E-state index in [9.17, 15) is 9.59 Å². The molecule has 0 bridgehead atoms. The van der Waals surface area contributed by atoms with E-state index in [1.165, 1.54) is 0 Å². The number of ether oxygens (including phenoxy) is 1. The topological polar surface area (TPSA) is 89.0 Å². The number of aromatic nitrogens is 3. The highest BCUT2D eigenvalue weighted by atomic mass is 35.5. The molecule has 0 aliphatic rings. The van der Waals surface area contributed by atoms with Crippen molar-refractivity contribution in [3.05, 3.63) is 134 Å². The highest BCUT2D eigenvalue weighted by Crippen LogP contribution is 2.27. The number of nitrogens with one attached hydrogen (secondary N) is 2. The fraction of sp³-hybridized carbons (Fsp3) is 0.138. The SMILES string of the molecule is COC(c1ccc(Cn2ccccc2=O)cc1)c1cccc(C(=O)NCc2[nH]nc3ccc(Cl)cc23)c1.Cl. The van der Waals surface area contributed by atoms with E-state index >= 15 is 0 Å². The summed E-state index contributed by atoms with van der Waals surface area (Å²) in [6, 6.07) is 25.9. The second kappa shape index (κ2) is 12.1. The Hall–Kier alpha value is -3.91. The number of carbonyl (C=O) groups is 1. The van der Waals surface area contributed by atoms with Gasteiger partial charge in [0.2, 0.25) is 0 Å². The molecular formula is C29H26Cl2N4O3. The minimum Gasteiger partial charge on any atom is -0.372 e. The van der Waals surface area contributed by atoms with Gasteiger partial charge in [0.1, 0.15) is 6.10 Å². The van der Waals surface area contributed by atoms with Crippen LogP contribution in [-0.4, -0.2) is 27.8 Å². The Morgan fingerprint density at radius 1 is 1.03 bits per heavy atom. The van der Waals surface area contributed by atoms with Crippen molar-refractivity contribution >= 4 is 40.8 Å². The average molecular weight is 549 g/mol. The van der Waals surface area contributed by atoms with Crippen molar-refractivity contribution in [2.24, 2.45) is 0 Å². The first-order valence-electron chi connectivity index (χ1n) is 11.8. The van der Waals surface area contributed by atoms with Gasteiger partial charge in [-0.3, -0.25) is 14.7 Å². The molecule has 0 aliphatic heterocycles. The number of hydrogen-bond donors (Lipinski definition) is 2. The lowest BCUT2D eigenvalue weighted by molar-refractivity contribution is 0.0950. The predicted molar refractivity (Wildman–Crippen MR) is 151 cm³/mol. The molecule has 0 radical (unpaired) electrons. The lowest BCUT2D eigenvalue weighted by atomic mass is 9.98. The van der Waals surface area contributed by atoms with Crippen LogP contribution in [0.5, 0.6) is 0 Å². The lowest BCUT2D eigenvalue weighted by Gasteiger charge is -2.18. The smallest absolute Gasteiger partial charge is 0.251 e. The van der Waals surface area contributed by atoms with Crippen molar-refractivity contribution in [3.8, 4) is 0 Å². The first-order chi connectivity index (χ1) is 18.0. The van der Waals surface area contributed by atoms with Crippen LogP contribution in [0, 0.1) is 0 Å². The van der Waals surface area contributed by atoms with E-state index in [0.29, 0.717) is 23.7 Å². The van der Waals surface area contributed by atoms with Crippen molar-refractivity contribution in [1.82, 2.24) is 20.1 Å². The fourth-order valence-electron chi connectivity index (χ4n) is 4.33. The molecule has 194 valence electrons. The molecule has 0 aliphatic carbocycles. The molecule has 2 aromatic heterocycles. The van der Waals surface area contributed by atoms with Gasteiger partial charge >= 0.3 is 0 Å². The molecule has 5 rings (SSSR count). The van der Waals surface area contributed by atoms with Crippen molar-refractivity contribution in [2.45, 2.75) is 19.2 Å². The maximum Gasteiger partial charge on any atom is 0.251 e. The minimum absolute atomic E-state index is 0. The van der Waals surface area contributed by atoms with E-state index in [2.05, 4.69) is 15.5 Å². The molecule has 38 heavy (non-hydrogen) atoms. The van der Waals surface area contributed by atoms with Crippen LogP contribution in [0.1, 0.15) is 38.8 Å². The van der Waals surface area contributed by atoms with Crippen molar-refractivity contribution in [1.29, 1.82) is 0 Å². The third kappa shape index (κ3) is 5.97. The highest BCUT2D eigenvalue weighted by Gasteiger charge is 2.16. The molecule has 5 aromatic rings. The highest BCUT2D eigenvalue weighted by molar-refractivity contribution is 6.31. The molecule has 1 unspecified atom stereocenters. The number of carbonyl (C=O) groups excluding carboxylic acids is 1. The summed E-state index contributed by atoms with van der Waals surface area (Å²) in [5, 5.41) is 11.7. The number of rotatable bonds is 8. The summed E-state index contributed by atoms with van der Waals surface area (Å²) in [7, 11) is 1.64. The molecule has 2 N–H and O–H groups in total. The molecule has 3 aromatic carbocycles. The predicted octanol–water partition coefficient (Wildman–Crippen LogP) is 5.51. The Bertz CT molecular complexity index is 1610. The van der Waals surface area contributed by atoms with Gasteiger partial charge in [-0.2, -0.15) is 5.10 Å². The van der Waals surface area contributed by atoms with Gasteiger partial charge in [-0.25, -0.2) is 0 Å². The number of nitrogens with zero attached hydrogens (tertiary/aromatic N) is 2. The first-order valence-corrected chi connectivity index (χ1v) is 12.2. The second-order valence-corrected chi connectivity index (χ2v) is 9.13. The number of benzene rings is 3. The maximum absolute atomic E-state index is 12.9. The Kier molecular flexibility index (Phi) is 8.63. The number of hydrogen-bond acceptors (Lipinski definition) is 4. The maximum atomic E-state index is 12.9. The van der Waals surface area contributed by atoms with Crippen LogP contribution in [0.4, 0.5) is 0 Å². The molecule has 0 fully saturated rings. The molecule has 1 amide bonds. The largest absolute Gasteiger partial charge is 0.372 e. The number of halogens is 2. The van der Waals surface area contributed by atoms with Crippen LogP contribution < -0.4 is 10.9 Å². The zero-order valence-electron chi connectivity index (χ0n) is 20.6. The summed E-state index contributed by atoms with van der Waals surface area (Å²) >= 11 is 6.11. The molecule has 0 spiro atoms.